The van der Waals surface area contributed by atoms with Gasteiger partial charge in [-0.15, -0.1) is 0 Å². The van der Waals surface area contributed by atoms with E-state index in [2.05, 4.69) is 5.32 Å². The predicted octanol–water partition coefficient (Wildman–Crippen LogP) is 1.83. The molecule has 1 aromatic rings. The van der Waals surface area contributed by atoms with Crippen LogP contribution >= 0.6 is 0 Å². The monoisotopic (exact) mass is 253 g/mol. The van der Waals surface area contributed by atoms with Crippen LogP contribution in [0.1, 0.15) is 30.5 Å². The Morgan fingerprint density at radius 2 is 1.88 bits per heavy atom. The van der Waals surface area contributed by atoms with Gasteiger partial charge in [0.15, 0.2) is 9.84 Å². The molecule has 0 amide bonds. The van der Waals surface area contributed by atoms with Crippen molar-refractivity contribution in [3.05, 3.63) is 35.4 Å². The van der Waals surface area contributed by atoms with E-state index in [1.54, 1.807) is 6.92 Å². The molecule has 1 fully saturated rings. The molecular weight excluding hydrogens is 234 g/mol. The minimum atomic E-state index is -2.97. The van der Waals surface area contributed by atoms with Crippen molar-refractivity contribution < 1.29 is 8.42 Å². The molecule has 1 aliphatic rings. The van der Waals surface area contributed by atoms with Gasteiger partial charge in [-0.2, -0.15) is 0 Å². The van der Waals surface area contributed by atoms with Gasteiger partial charge in [-0.1, -0.05) is 29.8 Å². The van der Waals surface area contributed by atoms with E-state index < -0.39 is 9.84 Å². The lowest BCUT2D eigenvalue weighted by Crippen LogP contribution is -2.32. The van der Waals surface area contributed by atoms with Gasteiger partial charge in [-0.05, 0) is 32.4 Å². The average molecular weight is 253 g/mol. The highest BCUT2D eigenvalue weighted by Gasteiger charge is 2.32. The highest BCUT2D eigenvalue weighted by Crippen LogP contribution is 2.25. The van der Waals surface area contributed by atoms with E-state index >= 15 is 0 Å². The zero-order valence-corrected chi connectivity index (χ0v) is 11.1. The molecule has 0 radical (unpaired) electrons. The van der Waals surface area contributed by atoms with Crippen molar-refractivity contribution in [2.45, 2.75) is 31.6 Å². The Morgan fingerprint density at radius 1 is 1.24 bits per heavy atom. The Labute approximate surface area is 103 Å². The summed E-state index contributed by atoms with van der Waals surface area (Å²) in [6, 6.07) is 8.01. The van der Waals surface area contributed by atoms with Crippen molar-refractivity contribution in [1.82, 2.24) is 5.32 Å². The zero-order valence-electron chi connectivity index (χ0n) is 10.3. The Balaban J connectivity index is 2.33. The third-order valence-corrected chi connectivity index (χ3v) is 5.71. The maximum absolute atomic E-state index is 12.0. The van der Waals surface area contributed by atoms with Crippen LogP contribution in [0.5, 0.6) is 0 Å². The Bertz CT molecular complexity index is 479. The van der Waals surface area contributed by atoms with Gasteiger partial charge < -0.3 is 5.32 Å². The topological polar surface area (TPSA) is 46.2 Å². The summed E-state index contributed by atoms with van der Waals surface area (Å²) in [5, 5.41) is 2.99. The second kappa shape index (κ2) is 4.78. The van der Waals surface area contributed by atoms with Gasteiger partial charge in [-0.3, -0.25) is 0 Å². The summed E-state index contributed by atoms with van der Waals surface area (Å²) < 4.78 is 24.0. The van der Waals surface area contributed by atoms with E-state index in [1.807, 2.05) is 31.2 Å². The second-order valence-corrected chi connectivity index (χ2v) is 7.25. The smallest absolute Gasteiger partial charge is 0.154 e. The van der Waals surface area contributed by atoms with E-state index in [0.717, 1.165) is 12.1 Å². The first kappa shape index (κ1) is 12.6. The quantitative estimate of drug-likeness (QED) is 0.830. The van der Waals surface area contributed by atoms with Gasteiger partial charge in [-0.25, -0.2) is 8.42 Å². The van der Waals surface area contributed by atoms with Gasteiger partial charge >= 0.3 is 0 Å². The SMILES string of the molecule is Cc1ccc(C2NCCCS(=O)(=O)C2C)cc1. The largest absolute Gasteiger partial charge is 0.309 e. The van der Waals surface area contributed by atoms with Crippen molar-refractivity contribution in [1.29, 1.82) is 0 Å². The Hall–Kier alpha value is -0.870. The second-order valence-electron chi connectivity index (χ2n) is 4.77. The number of rotatable bonds is 1. The summed E-state index contributed by atoms with van der Waals surface area (Å²) in [6.07, 6.45) is 0.703. The molecule has 0 spiro atoms. The van der Waals surface area contributed by atoms with Crippen LogP contribution < -0.4 is 5.32 Å². The first-order chi connectivity index (χ1) is 8.00. The molecule has 1 saturated heterocycles. The fraction of sp³-hybridized carbons (Fsp3) is 0.538. The summed E-state index contributed by atoms with van der Waals surface area (Å²) >= 11 is 0. The summed E-state index contributed by atoms with van der Waals surface area (Å²) in [7, 11) is -2.97. The van der Waals surface area contributed by atoms with Crippen LogP contribution in [-0.4, -0.2) is 26.0 Å². The number of sulfone groups is 1. The number of hydrogen-bond acceptors (Lipinski definition) is 3. The molecule has 2 rings (SSSR count). The van der Waals surface area contributed by atoms with Gasteiger partial charge in [0.05, 0.1) is 11.0 Å². The van der Waals surface area contributed by atoms with Crippen LogP contribution in [0.4, 0.5) is 0 Å². The van der Waals surface area contributed by atoms with E-state index in [0.29, 0.717) is 12.2 Å². The Kier molecular flexibility index (Phi) is 3.54. The normalized spacial score (nSPS) is 28.6. The van der Waals surface area contributed by atoms with E-state index in [1.165, 1.54) is 5.56 Å². The standard InChI is InChI=1S/C13H19NO2S/c1-10-4-6-12(7-5-10)13-11(2)17(15,16)9-3-8-14-13/h4-7,11,13-14H,3,8-9H2,1-2H3. The lowest BCUT2D eigenvalue weighted by atomic mass is 10.0. The van der Waals surface area contributed by atoms with E-state index in [-0.39, 0.29) is 11.3 Å². The summed E-state index contributed by atoms with van der Waals surface area (Å²) in [6.45, 7) is 4.60. The molecule has 94 valence electrons. The van der Waals surface area contributed by atoms with Gasteiger partial charge in [0, 0.05) is 6.04 Å². The van der Waals surface area contributed by atoms with E-state index in [9.17, 15) is 8.42 Å². The number of benzene rings is 1. The minimum Gasteiger partial charge on any atom is -0.309 e. The van der Waals surface area contributed by atoms with Crippen molar-refractivity contribution >= 4 is 9.84 Å². The molecule has 1 heterocycles. The van der Waals surface area contributed by atoms with E-state index in [4.69, 9.17) is 0 Å². The highest BCUT2D eigenvalue weighted by atomic mass is 32.2. The minimum absolute atomic E-state index is 0.0805. The third kappa shape index (κ3) is 2.69. The number of nitrogens with one attached hydrogen (secondary N) is 1. The molecular formula is C13H19NO2S. The van der Waals surface area contributed by atoms with Crippen LogP contribution in [0.25, 0.3) is 0 Å². The van der Waals surface area contributed by atoms with Gasteiger partial charge in [0.2, 0.25) is 0 Å². The summed E-state index contributed by atoms with van der Waals surface area (Å²) in [5.41, 5.74) is 2.26. The van der Waals surface area contributed by atoms with Crippen molar-refractivity contribution in [3.8, 4) is 0 Å². The first-order valence-electron chi connectivity index (χ1n) is 6.02. The maximum Gasteiger partial charge on any atom is 0.154 e. The van der Waals surface area contributed by atoms with Crippen molar-refractivity contribution in [3.63, 3.8) is 0 Å². The summed E-state index contributed by atoms with van der Waals surface area (Å²) in [5.74, 6) is 0.295. The molecule has 0 aliphatic carbocycles. The van der Waals surface area contributed by atoms with Crippen LogP contribution in [0.3, 0.4) is 0 Å². The molecule has 0 saturated carbocycles. The van der Waals surface area contributed by atoms with Crippen molar-refractivity contribution in [2.75, 3.05) is 12.3 Å². The fourth-order valence-corrected chi connectivity index (χ4v) is 3.84. The first-order valence-corrected chi connectivity index (χ1v) is 7.74. The van der Waals surface area contributed by atoms with Crippen LogP contribution in [0, 0.1) is 6.92 Å². The maximum atomic E-state index is 12.0. The van der Waals surface area contributed by atoms with Crippen molar-refractivity contribution in [2.24, 2.45) is 0 Å². The average Bonchev–Trinajstić information content (AvgIpc) is 2.41. The number of aryl methyl sites for hydroxylation is 1. The molecule has 0 bridgehead atoms. The molecule has 1 N–H and O–H groups in total. The summed E-state index contributed by atoms with van der Waals surface area (Å²) in [4.78, 5) is 0. The predicted molar refractivity (Wildman–Crippen MR) is 69.8 cm³/mol. The van der Waals surface area contributed by atoms with Gasteiger partial charge in [0.25, 0.3) is 0 Å². The molecule has 0 aromatic heterocycles. The third-order valence-electron chi connectivity index (χ3n) is 3.44. The Morgan fingerprint density at radius 3 is 2.53 bits per heavy atom. The lowest BCUT2D eigenvalue weighted by molar-refractivity contribution is 0.520. The van der Waals surface area contributed by atoms with Gasteiger partial charge in [0.1, 0.15) is 0 Å². The fourth-order valence-electron chi connectivity index (χ4n) is 2.25. The highest BCUT2D eigenvalue weighted by molar-refractivity contribution is 7.92. The lowest BCUT2D eigenvalue weighted by Gasteiger charge is -2.22. The molecule has 3 nitrogen and oxygen atoms in total. The van der Waals surface area contributed by atoms with Crippen LogP contribution in [-0.2, 0) is 9.84 Å². The molecule has 17 heavy (non-hydrogen) atoms. The van der Waals surface area contributed by atoms with Crippen LogP contribution in [0.2, 0.25) is 0 Å². The molecule has 2 unspecified atom stereocenters. The van der Waals surface area contributed by atoms with Crippen LogP contribution in [0.15, 0.2) is 24.3 Å². The zero-order chi connectivity index (χ0) is 12.5. The molecule has 2 atom stereocenters. The molecule has 1 aromatic carbocycles. The molecule has 4 heteroatoms. The molecule has 1 aliphatic heterocycles. The number of hydrogen-bond donors (Lipinski definition) is 1.